The van der Waals surface area contributed by atoms with Gasteiger partial charge in [0.2, 0.25) is 0 Å². The zero-order valence-electron chi connectivity index (χ0n) is 8.07. The summed E-state index contributed by atoms with van der Waals surface area (Å²) in [6, 6.07) is 4.94. The Morgan fingerprint density at radius 2 is 2.00 bits per heavy atom. The van der Waals surface area contributed by atoms with E-state index in [2.05, 4.69) is 5.32 Å². The minimum absolute atomic E-state index is 0.0196. The van der Waals surface area contributed by atoms with E-state index in [4.69, 9.17) is 12.2 Å². The van der Waals surface area contributed by atoms with Crippen molar-refractivity contribution >= 4 is 29.1 Å². The normalized spacial score (nSPS) is 15.2. The predicted octanol–water partition coefficient (Wildman–Crippen LogP) is 0.683. The van der Waals surface area contributed by atoms with Gasteiger partial charge in [-0.1, -0.05) is 0 Å². The molecule has 1 aliphatic heterocycles. The molecule has 1 fully saturated rings. The number of nitrogens with zero attached hydrogens (tertiary/aromatic N) is 1. The second kappa shape index (κ2) is 3.97. The monoisotopic (exact) mass is 238 g/mol. The van der Waals surface area contributed by atoms with Crippen molar-refractivity contribution < 1.29 is 14.0 Å². The number of amides is 2. The first-order valence-electron chi connectivity index (χ1n) is 4.50. The summed E-state index contributed by atoms with van der Waals surface area (Å²) in [5.41, 5.74) is 0.223. The van der Waals surface area contributed by atoms with E-state index < -0.39 is 17.6 Å². The lowest BCUT2D eigenvalue weighted by molar-refractivity contribution is -0.122. The number of thiocarbonyl (C=S) groups is 1. The van der Waals surface area contributed by atoms with Gasteiger partial charge in [-0.2, -0.15) is 0 Å². The van der Waals surface area contributed by atoms with E-state index >= 15 is 0 Å². The molecule has 4 nitrogen and oxygen atoms in total. The summed E-state index contributed by atoms with van der Waals surface area (Å²) in [5.74, 6) is -1.38. The van der Waals surface area contributed by atoms with E-state index in [1.165, 1.54) is 12.1 Å². The van der Waals surface area contributed by atoms with Gasteiger partial charge < -0.3 is 5.32 Å². The number of hydrogen-bond donors (Lipinski definition) is 1. The first-order valence-corrected chi connectivity index (χ1v) is 4.91. The summed E-state index contributed by atoms with van der Waals surface area (Å²) in [6.07, 6.45) is 0. The molecule has 0 aromatic heterocycles. The maximum Gasteiger partial charge on any atom is 0.266 e. The number of imide groups is 1. The van der Waals surface area contributed by atoms with E-state index in [9.17, 15) is 14.0 Å². The van der Waals surface area contributed by atoms with Crippen LogP contribution in [0.15, 0.2) is 24.3 Å². The van der Waals surface area contributed by atoms with Gasteiger partial charge in [-0.3, -0.25) is 9.59 Å². The van der Waals surface area contributed by atoms with Crippen molar-refractivity contribution in [2.24, 2.45) is 0 Å². The molecule has 1 aromatic rings. The summed E-state index contributed by atoms with van der Waals surface area (Å²) in [6.45, 7) is 0.0196. The summed E-state index contributed by atoms with van der Waals surface area (Å²) >= 11 is 4.82. The molecule has 0 spiro atoms. The average Bonchev–Trinajstić information content (AvgIpc) is 2.59. The number of hydrogen-bond acceptors (Lipinski definition) is 3. The van der Waals surface area contributed by atoms with Crippen LogP contribution in [-0.2, 0) is 4.79 Å². The zero-order chi connectivity index (χ0) is 11.7. The Hall–Kier alpha value is -1.82. The van der Waals surface area contributed by atoms with Gasteiger partial charge in [0, 0.05) is 5.56 Å². The molecule has 1 N–H and O–H groups in total. The third kappa shape index (κ3) is 1.79. The Morgan fingerprint density at radius 3 is 2.50 bits per heavy atom. The van der Waals surface area contributed by atoms with Crippen molar-refractivity contribution in [1.82, 2.24) is 10.2 Å². The Bertz CT molecular complexity index is 456. The van der Waals surface area contributed by atoms with Crippen molar-refractivity contribution in [1.29, 1.82) is 0 Å². The minimum atomic E-state index is -0.542. The summed E-state index contributed by atoms with van der Waals surface area (Å²) in [4.78, 5) is 24.1. The van der Waals surface area contributed by atoms with Gasteiger partial charge in [-0.05, 0) is 36.5 Å². The molecule has 0 aliphatic carbocycles. The van der Waals surface area contributed by atoms with Crippen molar-refractivity contribution in [3.63, 3.8) is 0 Å². The van der Waals surface area contributed by atoms with Gasteiger partial charge in [0.1, 0.15) is 5.82 Å². The van der Waals surface area contributed by atoms with Crippen LogP contribution in [-0.4, -0.2) is 28.4 Å². The number of nitrogens with one attached hydrogen (secondary N) is 1. The van der Waals surface area contributed by atoms with Crippen LogP contribution in [0.1, 0.15) is 10.4 Å². The van der Waals surface area contributed by atoms with Gasteiger partial charge in [0.15, 0.2) is 5.11 Å². The molecule has 2 rings (SSSR count). The van der Waals surface area contributed by atoms with Crippen LogP contribution in [0.5, 0.6) is 0 Å². The third-order valence-corrected chi connectivity index (χ3v) is 2.46. The first kappa shape index (κ1) is 10.7. The number of benzene rings is 1. The number of rotatable bonds is 1. The molecule has 1 aliphatic rings. The standard InChI is InChI=1S/C10H7FN2O2S/c11-7-3-1-6(2-4-7)9(15)13-8(14)5-12-10(13)16/h1-4H,5H2,(H,12,16). The average molecular weight is 238 g/mol. The topological polar surface area (TPSA) is 49.4 Å². The van der Waals surface area contributed by atoms with Crippen LogP contribution >= 0.6 is 12.2 Å². The van der Waals surface area contributed by atoms with E-state index in [-0.39, 0.29) is 17.2 Å². The molecule has 0 bridgehead atoms. The molecule has 2 amide bonds. The Kier molecular flexibility index (Phi) is 2.66. The molecule has 82 valence electrons. The summed E-state index contributed by atoms with van der Waals surface area (Å²) in [7, 11) is 0. The summed E-state index contributed by atoms with van der Waals surface area (Å²) in [5, 5.41) is 2.68. The number of carbonyl (C=O) groups excluding carboxylic acids is 2. The molecule has 1 heterocycles. The van der Waals surface area contributed by atoms with Crippen LogP contribution in [0.4, 0.5) is 4.39 Å². The van der Waals surface area contributed by atoms with Gasteiger partial charge in [-0.15, -0.1) is 0 Å². The highest BCUT2D eigenvalue weighted by atomic mass is 32.1. The van der Waals surface area contributed by atoms with E-state index in [0.717, 1.165) is 17.0 Å². The second-order valence-electron chi connectivity index (χ2n) is 3.20. The molecule has 6 heteroatoms. The van der Waals surface area contributed by atoms with Gasteiger partial charge in [0.05, 0.1) is 6.54 Å². The maximum absolute atomic E-state index is 12.7. The van der Waals surface area contributed by atoms with Crippen LogP contribution in [0.3, 0.4) is 0 Å². The van der Waals surface area contributed by atoms with Gasteiger partial charge in [0.25, 0.3) is 11.8 Å². The second-order valence-corrected chi connectivity index (χ2v) is 3.59. The third-order valence-electron chi connectivity index (χ3n) is 2.14. The lowest BCUT2D eigenvalue weighted by Gasteiger charge is -2.12. The molecular formula is C10H7FN2O2S. The fraction of sp³-hybridized carbons (Fsp3) is 0.100. The lowest BCUT2D eigenvalue weighted by Crippen LogP contribution is -2.36. The van der Waals surface area contributed by atoms with Crippen molar-refractivity contribution in [3.05, 3.63) is 35.6 Å². The molecule has 0 unspecified atom stereocenters. The summed E-state index contributed by atoms with van der Waals surface area (Å²) < 4.78 is 12.7. The molecule has 1 aromatic carbocycles. The number of halogens is 1. The quantitative estimate of drug-likeness (QED) is 0.577. The van der Waals surface area contributed by atoms with E-state index in [0.29, 0.717) is 0 Å². The van der Waals surface area contributed by atoms with Crippen LogP contribution in [0.2, 0.25) is 0 Å². The Labute approximate surface area is 96.0 Å². The Morgan fingerprint density at radius 1 is 1.38 bits per heavy atom. The van der Waals surface area contributed by atoms with E-state index in [1.807, 2.05) is 0 Å². The van der Waals surface area contributed by atoms with Crippen molar-refractivity contribution in [3.8, 4) is 0 Å². The molecule has 0 atom stereocenters. The predicted molar refractivity (Wildman–Crippen MR) is 58.2 cm³/mol. The number of carbonyl (C=O) groups is 2. The maximum atomic E-state index is 12.7. The smallest absolute Gasteiger partial charge is 0.266 e. The van der Waals surface area contributed by atoms with Crippen molar-refractivity contribution in [2.75, 3.05) is 6.54 Å². The van der Waals surface area contributed by atoms with Crippen LogP contribution < -0.4 is 5.32 Å². The molecule has 16 heavy (non-hydrogen) atoms. The molecular weight excluding hydrogens is 231 g/mol. The highest BCUT2D eigenvalue weighted by molar-refractivity contribution is 7.80. The lowest BCUT2D eigenvalue weighted by atomic mass is 10.2. The van der Waals surface area contributed by atoms with Crippen LogP contribution in [0, 0.1) is 5.82 Å². The fourth-order valence-corrected chi connectivity index (χ4v) is 1.61. The largest absolute Gasteiger partial charge is 0.353 e. The van der Waals surface area contributed by atoms with Crippen molar-refractivity contribution in [2.45, 2.75) is 0 Å². The molecule has 1 saturated heterocycles. The van der Waals surface area contributed by atoms with Gasteiger partial charge >= 0.3 is 0 Å². The Balaban J connectivity index is 2.28. The van der Waals surface area contributed by atoms with E-state index in [1.54, 1.807) is 0 Å². The molecule has 0 radical (unpaired) electrons. The zero-order valence-corrected chi connectivity index (χ0v) is 8.88. The van der Waals surface area contributed by atoms with Crippen LogP contribution in [0.25, 0.3) is 0 Å². The minimum Gasteiger partial charge on any atom is -0.353 e. The van der Waals surface area contributed by atoms with Gasteiger partial charge in [-0.25, -0.2) is 9.29 Å². The highest BCUT2D eigenvalue weighted by Gasteiger charge is 2.31. The highest BCUT2D eigenvalue weighted by Crippen LogP contribution is 2.10. The fourth-order valence-electron chi connectivity index (χ4n) is 1.35. The first-order chi connectivity index (χ1) is 7.59. The SMILES string of the molecule is O=C1CNC(=S)N1C(=O)c1ccc(F)cc1. The molecule has 0 saturated carbocycles.